The van der Waals surface area contributed by atoms with Gasteiger partial charge in [0.1, 0.15) is 0 Å². The number of hydrogen-bond acceptors (Lipinski definition) is 6. The molecule has 33 heavy (non-hydrogen) atoms. The molecule has 3 aromatic rings. The predicted molar refractivity (Wildman–Crippen MR) is 123 cm³/mol. The van der Waals surface area contributed by atoms with E-state index in [-0.39, 0.29) is 12.8 Å². The largest absolute Gasteiger partial charge is 0.469 e. The maximum atomic E-state index is 13.3. The molecule has 1 amide bonds. The number of esters is 1. The normalized spacial score (nSPS) is 16.8. The van der Waals surface area contributed by atoms with Crippen molar-refractivity contribution >= 4 is 23.3 Å². The molecular formula is C26H21N3O4. The van der Waals surface area contributed by atoms with E-state index in [0.29, 0.717) is 22.5 Å². The van der Waals surface area contributed by atoms with Crippen molar-refractivity contribution in [2.24, 2.45) is 5.16 Å². The van der Waals surface area contributed by atoms with Crippen molar-refractivity contribution < 1.29 is 19.2 Å². The van der Waals surface area contributed by atoms with Crippen molar-refractivity contribution in [3.8, 4) is 17.2 Å². The number of carbonyl (C=O) groups excluding carboxylic acids is 2. The maximum Gasteiger partial charge on any atom is 0.310 e. The van der Waals surface area contributed by atoms with Gasteiger partial charge < -0.3 is 14.9 Å². The van der Waals surface area contributed by atoms with Crippen LogP contribution in [0.2, 0.25) is 0 Å². The Balaban J connectivity index is 1.54. The zero-order valence-electron chi connectivity index (χ0n) is 17.9. The molecule has 7 heteroatoms. The predicted octanol–water partition coefficient (Wildman–Crippen LogP) is 4.29. The molecule has 0 radical (unpaired) electrons. The summed E-state index contributed by atoms with van der Waals surface area (Å²) in [5, 5.41) is 16.1. The molecule has 7 nitrogen and oxygen atoms in total. The second-order valence-corrected chi connectivity index (χ2v) is 7.64. The van der Waals surface area contributed by atoms with E-state index in [1.165, 1.54) is 7.11 Å². The SMILES string of the molecule is COC(=O)CC1(C(=O)Nc2ccc(-c3ccccc3)cc2)CC(c2cccc(C#N)c2)=NO1. The van der Waals surface area contributed by atoms with Gasteiger partial charge >= 0.3 is 5.97 Å². The van der Waals surface area contributed by atoms with Crippen molar-refractivity contribution in [1.29, 1.82) is 5.26 Å². The van der Waals surface area contributed by atoms with E-state index in [1.54, 1.807) is 36.4 Å². The van der Waals surface area contributed by atoms with Crippen LogP contribution in [0.25, 0.3) is 11.1 Å². The van der Waals surface area contributed by atoms with E-state index in [9.17, 15) is 9.59 Å². The molecular weight excluding hydrogens is 418 g/mol. The van der Waals surface area contributed by atoms with E-state index >= 15 is 0 Å². The van der Waals surface area contributed by atoms with Crippen LogP contribution in [0.3, 0.4) is 0 Å². The number of nitrogens with one attached hydrogen (secondary N) is 1. The lowest BCUT2D eigenvalue weighted by Gasteiger charge is -2.24. The molecule has 1 unspecified atom stereocenters. The van der Waals surface area contributed by atoms with Crippen molar-refractivity contribution in [3.63, 3.8) is 0 Å². The average Bonchev–Trinajstić information content (AvgIpc) is 3.30. The number of ether oxygens (including phenoxy) is 1. The topological polar surface area (TPSA) is 101 Å². The smallest absolute Gasteiger partial charge is 0.310 e. The quantitative estimate of drug-likeness (QED) is 0.578. The van der Waals surface area contributed by atoms with Crippen molar-refractivity contribution in [3.05, 3.63) is 90.0 Å². The first-order valence-corrected chi connectivity index (χ1v) is 10.3. The molecule has 0 saturated carbocycles. The van der Waals surface area contributed by atoms with Gasteiger partial charge in [-0.25, -0.2) is 0 Å². The molecule has 1 aliphatic rings. The van der Waals surface area contributed by atoms with Gasteiger partial charge in [0.25, 0.3) is 5.91 Å². The number of oxime groups is 1. The van der Waals surface area contributed by atoms with Crippen LogP contribution < -0.4 is 5.32 Å². The number of amides is 1. The number of nitrogens with zero attached hydrogens (tertiary/aromatic N) is 2. The van der Waals surface area contributed by atoms with Crippen LogP contribution in [0.4, 0.5) is 5.69 Å². The Morgan fingerprint density at radius 2 is 1.73 bits per heavy atom. The summed E-state index contributed by atoms with van der Waals surface area (Å²) in [7, 11) is 1.25. The Morgan fingerprint density at radius 1 is 1.03 bits per heavy atom. The standard InChI is InChI=1S/C26H21N3O4/c1-32-24(30)16-26(15-23(29-33-26)21-9-5-6-18(14-21)17-27)25(31)28-22-12-10-20(11-13-22)19-7-3-2-4-8-19/h2-14H,15-16H2,1H3,(H,28,31). The Morgan fingerprint density at radius 3 is 2.42 bits per heavy atom. The number of hydrogen-bond donors (Lipinski definition) is 1. The lowest BCUT2D eigenvalue weighted by atomic mass is 9.89. The minimum atomic E-state index is -1.55. The first kappa shape index (κ1) is 21.8. The van der Waals surface area contributed by atoms with Crippen molar-refractivity contribution in [2.45, 2.75) is 18.4 Å². The highest BCUT2D eigenvalue weighted by Crippen LogP contribution is 2.32. The van der Waals surface area contributed by atoms with Crippen LogP contribution >= 0.6 is 0 Å². The minimum Gasteiger partial charge on any atom is -0.469 e. The van der Waals surface area contributed by atoms with Gasteiger partial charge in [-0.2, -0.15) is 5.26 Å². The van der Waals surface area contributed by atoms with E-state index in [1.807, 2.05) is 42.5 Å². The monoisotopic (exact) mass is 439 g/mol. The summed E-state index contributed by atoms with van der Waals surface area (Å²) in [5.41, 5.74) is 2.68. The van der Waals surface area contributed by atoms with Crippen LogP contribution in [0.5, 0.6) is 0 Å². The lowest BCUT2D eigenvalue weighted by Crippen LogP contribution is -2.45. The Hall–Kier alpha value is -4.44. The second kappa shape index (κ2) is 9.37. The summed E-state index contributed by atoms with van der Waals surface area (Å²) in [4.78, 5) is 30.9. The molecule has 0 fully saturated rings. The van der Waals surface area contributed by atoms with Gasteiger partial charge in [-0.15, -0.1) is 0 Å². The molecule has 1 heterocycles. The van der Waals surface area contributed by atoms with E-state index in [2.05, 4.69) is 16.5 Å². The van der Waals surface area contributed by atoms with Gasteiger partial charge in [0, 0.05) is 17.7 Å². The zero-order valence-corrected chi connectivity index (χ0v) is 17.9. The summed E-state index contributed by atoms with van der Waals surface area (Å²) in [6.45, 7) is 0. The minimum absolute atomic E-state index is 0.0604. The van der Waals surface area contributed by atoms with Gasteiger partial charge in [0.05, 0.1) is 30.9 Å². The summed E-state index contributed by atoms with van der Waals surface area (Å²) < 4.78 is 4.79. The molecule has 1 atom stereocenters. The Kier molecular flexibility index (Phi) is 6.18. The Bertz CT molecular complexity index is 1250. The molecule has 0 spiro atoms. The van der Waals surface area contributed by atoms with Crippen molar-refractivity contribution in [2.75, 3.05) is 12.4 Å². The fourth-order valence-electron chi connectivity index (χ4n) is 3.62. The summed E-state index contributed by atoms with van der Waals surface area (Å²) in [5.74, 6) is -1.10. The molecule has 3 aromatic carbocycles. The molecule has 4 rings (SSSR count). The van der Waals surface area contributed by atoms with Gasteiger partial charge in [0.2, 0.25) is 5.60 Å². The molecule has 1 aliphatic heterocycles. The third-order valence-corrected chi connectivity index (χ3v) is 5.43. The molecule has 0 saturated heterocycles. The average molecular weight is 439 g/mol. The Labute approximate surface area is 191 Å². The van der Waals surface area contributed by atoms with Crippen LogP contribution in [-0.2, 0) is 19.2 Å². The lowest BCUT2D eigenvalue weighted by molar-refractivity contribution is -0.155. The zero-order chi connectivity index (χ0) is 23.3. The number of methoxy groups -OCH3 is 1. The fourth-order valence-corrected chi connectivity index (χ4v) is 3.62. The summed E-state index contributed by atoms with van der Waals surface area (Å²) in [6.07, 6.45) is -0.243. The fraction of sp³-hybridized carbons (Fsp3) is 0.154. The highest BCUT2D eigenvalue weighted by atomic mass is 16.7. The van der Waals surface area contributed by atoms with E-state index < -0.39 is 17.5 Å². The molecule has 0 aromatic heterocycles. The third kappa shape index (κ3) is 4.75. The maximum absolute atomic E-state index is 13.3. The van der Waals surface area contributed by atoms with E-state index in [4.69, 9.17) is 14.8 Å². The van der Waals surface area contributed by atoms with Crippen molar-refractivity contribution in [1.82, 2.24) is 0 Å². The number of benzene rings is 3. The van der Waals surface area contributed by atoms with Crippen LogP contribution in [0.1, 0.15) is 24.0 Å². The van der Waals surface area contributed by atoms with E-state index in [0.717, 1.165) is 11.1 Å². The molecule has 0 bridgehead atoms. The van der Waals surface area contributed by atoms with Gasteiger partial charge in [-0.3, -0.25) is 9.59 Å². The molecule has 164 valence electrons. The number of nitriles is 1. The summed E-state index contributed by atoms with van der Waals surface area (Å²) >= 11 is 0. The highest BCUT2D eigenvalue weighted by Gasteiger charge is 2.49. The first-order valence-electron chi connectivity index (χ1n) is 10.3. The number of anilines is 1. The van der Waals surface area contributed by atoms with Crippen LogP contribution in [0, 0.1) is 11.3 Å². The van der Waals surface area contributed by atoms with Crippen LogP contribution in [0.15, 0.2) is 84.0 Å². The van der Waals surface area contributed by atoms with Gasteiger partial charge in [-0.1, -0.05) is 59.8 Å². The number of carbonyl (C=O) groups is 2. The van der Waals surface area contributed by atoms with Gasteiger partial charge in [-0.05, 0) is 35.4 Å². The number of rotatable bonds is 6. The summed E-state index contributed by atoms with van der Waals surface area (Å²) in [6, 6.07) is 26.2. The van der Waals surface area contributed by atoms with Crippen LogP contribution in [-0.4, -0.2) is 30.3 Å². The molecule has 1 N–H and O–H groups in total. The third-order valence-electron chi connectivity index (χ3n) is 5.43. The first-order chi connectivity index (χ1) is 16.0. The second-order valence-electron chi connectivity index (χ2n) is 7.64. The van der Waals surface area contributed by atoms with Gasteiger partial charge in [0.15, 0.2) is 0 Å². The molecule has 0 aliphatic carbocycles. The highest BCUT2D eigenvalue weighted by molar-refractivity contribution is 6.09.